The first-order chi connectivity index (χ1) is 8.65. The molecule has 0 aliphatic rings. The van der Waals surface area contributed by atoms with Crippen molar-refractivity contribution in [3.05, 3.63) is 34.3 Å². The van der Waals surface area contributed by atoms with E-state index in [4.69, 9.17) is 4.74 Å². The van der Waals surface area contributed by atoms with Crippen molar-refractivity contribution in [1.29, 1.82) is 0 Å². The summed E-state index contributed by atoms with van der Waals surface area (Å²) in [6.07, 6.45) is 0.912. The summed E-state index contributed by atoms with van der Waals surface area (Å²) in [7, 11) is 1.54. The van der Waals surface area contributed by atoms with E-state index in [0.717, 1.165) is 17.4 Å². The van der Waals surface area contributed by atoms with Crippen molar-refractivity contribution in [2.45, 2.75) is 13.3 Å². The molecule has 1 rings (SSSR count). The number of carbonyl (C=O) groups is 1. The Morgan fingerprint density at radius 1 is 1.56 bits per heavy atom. The van der Waals surface area contributed by atoms with Gasteiger partial charge in [0.05, 0.1) is 6.61 Å². The predicted molar refractivity (Wildman–Crippen MR) is 87.7 cm³/mol. The molecule has 3 nitrogen and oxygen atoms in total. The number of hydrogen-bond donors (Lipinski definition) is 0. The lowest BCUT2D eigenvalue weighted by Crippen LogP contribution is -2.26. The lowest BCUT2D eigenvalue weighted by molar-refractivity contribution is -0.143. The Bertz CT molecular complexity index is 392. The average Bonchev–Trinajstić information content (AvgIpc) is 2.35. The van der Waals surface area contributed by atoms with E-state index in [1.54, 1.807) is 0 Å². The zero-order valence-corrected chi connectivity index (χ0v) is 14.6. The van der Waals surface area contributed by atoms with E-state index in [1.807, 2.05) is 23.4 Å². The van der Waals surface area contributed by atoms with Crippen LogP contribution in [0.15, 0.2) is 28.7 Å². The van der Waals surface area contributed by atoms with Crippen molar-refractivity contribution in [3.8, 4) is 0 Å². The molecule has 0 spiro atoms. The van der Waals surface area contributed by atoms with Crippen LogP contribution in [0.3, 0.4) is 0 Å². The van der Waals surface area contributed by atoms with Crippen LogP contribution in [0.2, 0.25) is 0 Å². The topological polar surface area (TPSA) is 29.5 Å². The van der Waals surface area contributed by atoms with Gasteiger partial charge in [0.25, 0.3) is 0 Å². The van der Waals surface area contributed by atoms with Crippen LogP contribution in [-0.4, -0.2) is 30.0 Å². The quantitative estimate of drug-likeness (QED) is 0.363. The van der Waals surface area contributed by atoms with Crippen LogP contribution < -0.4 is 0 Å². The maximum atomic E-state index is 11.4. The summed E-state index contributed by atoms with van der Waals surface area (Å²) in [5, 5.41) is 0. The molecule has 100 valence electrons. The van der Waals surface area contributed by atoms with Gasteiger partial charge in [-0.05, 0) is 40.2 Å². The average molecular weight is 444 g/mol. The Morgan fingerprint density at radius 2 is 2.33 bits per heavy atom. The molecule has 0 N–H and O–H groups in total. The fourth-order valence-electron chi connectivity index (χ4n) is 1.43. The van der Waals surface area contributed by atoms with Crippen LogP contribution in [-0.2, 0) is 16.0 Å². The fraction of sp³-hybridized carbons (Fsp3) is 0.417. The van der Waals surface area contributed by atoms with Crippen LogP contribution in [0, 0.1) is 0 Å². The summed E-state index contributed by atoms with van der Waals surface area (Å²) >= 11 is 5.64. The van der Waals surface area contributed by atoms with E-state index >= 15 is 0 Å². The second-order valence-corrected chi connectivity index (χ2v) is 6.37. The SMILES string of the molecule is CCOC(=O)CN(CCc1cccc(Br)c1)SI. The maximum absolute atomic E-state index is 11.4. The molecule has 6 heteroatoms. The number of carbonyl (C=O) groups excluding carboxylic acids is 1. The van der Waals surface area contributed by atoms with Crippen molar-refractivity contribution in [2.24, 2.45) is 0 Å². The number of hydrogen-bond acceptors (Lipinski definition) is 4. The van der Waals surface area contributed by atoms with Gasteiger partial charge < -0.3 is 4.74 Å². The van der Waals surface area contributed by atoms with Gasteiger partial charge in [-0.15, -0.1) is 0 Å². The molecule has 1 aromatic carbocycles. The molecule has 0 radical (unpaired) electrons. The normalized spacial score (nSPS) is 10.7. The number of halogens is 2. The summed E-state index contributed by atoms with van der Waals surface area (Å²) in [6.45, 7) is 3.41. The Balaban J connectivity index is 2.42. The van der Waals surface area contributed by atoms with Crippen molar-refractivity contribution >= 4 is 52.2 Å². The molecule has 0 unspecified atom stereocenters. The van der Waals surface area contributed by atoms with E-state index in [0.29, 0.717) is 13.2 Å². The Labute approximate surface area is 132 Å². The van der Waals surface area contributed by atoms with Crippen LogP contribution >= 0.6 is 46.3 Å². The predicted octanol–water partition coefficient (Wildman–Crippen LogP) is 3.85. The van der Waals surface area contributed by atoms with E-state index in [-0.39, 0.29) is 5.97 Å². The first-order valence-corrected chi connectivity index (χ1v) is 9.70. The first-order valence-electron chi connectivity index (χ1n) is 5.59. The molecule has 0 aliphatic heterocycles. The summed E-state index contributed by atoms with van der Waals surface area (Å²) < 4.78 is 8.02. The second kappa shape index (κ2) is 9.17. The largest absolute Gasteiger partial charge is 0.465 e. The number of benzene rings is 1. The van der Waals surface area contributed by atoms with Crippen LogP contribution in [0.4, 0.5) is 0 Å². The zero-order valence-electron chi connectivity index (χ0n) is 10.1. The molecule has 0 amide bonds. The lowest BCUT2D eigenvalue weighted by Gasteiger charge is -2.16. The van der Waals surface area contributed by atoms with Crippen molar-refractivity contribution in [2.75, 3.05) is 19.7 Å². The molecule has 0 saturated carbocycles. The highest BCUT2D eigenvalue weighted by Gasteiger charge is 2.11. The summed E-state index contributed by atoms with van der Waals surface area (Å²) in [5.74, 6) is -0.170. The Hall–Kier alpha value is 0.210. The zero-order chi connectivity index (χ0) is 13.4. The third-order valence-electron chi connectivity index (χ3n) is 2.25. The monoisotopic (exact) mass is 443 g/mol. The van der Waals surface area contributed by atoms with Crippen LogP contribution in [0.1, 0.15) is 12.5 Å². The van der Waals surface area contributed by atoms with E-state index in [9.17, 15) is 4.79 Å². The summed E-state index contributed by atoms with van der Waals surface area (Å²) in [5.41, 5.74) is 1.25. The highest BCUT2D eigenvalue weighted by molar-refractivity contribution is 14.2. The Morgan fingerprint density at radius 3 is 2.94 bits per heavy atom. The van der Waals surface area contributed by atoms with Crippen molar-refractivity contribution < 1.29 is 9.53 Å². The fourth-order valence-corrected chi connectivity index (χ4v) is 3.20. The smallest absolute Gasteiger partial charge is 0.321 e. The maximum Gasteiger partial charge on any atom is 0.321 e. The number of rotatable bonds is 7. The molecular formula is C12H15BrINO2S. The highest BCUT2D eigenvalue weighted by atomic mass is 127. The molecule has 1 aromatic rings. The second-order valence-electron chi connectivity index (χ2n) is 3.62. The minimum absolute atomic E-state index is 0.170. The summed E-state index contributed by atoms with van der Waals surface area (Å²) in [6, 6.07) is 8.21. The van der Waals surface area contributed by atoms with Crippen LogP contribution in [0.25, 0.3) is 0 Å². The van der Waals surface area contributed by atoms with Gasteiger partial charge >= 0.3 is 5.97 Å². The van der Waals surface area contributed by atoms with Gasteiger partial charge in [-0.1, -0.05) is 28.1 Å². The van der Waals surface area contributed by atoms with Crippen LogP contribution in [0.5, 0.6) is 0 Å². The van der Waals surface area contributed by atoms with Gasteiger partial charge in [-0.25, -0.2) is 4.31 Å². The molecular weight excluding hydrogens is 429 g/mol. The molecule has 0 aliphatic carbocycles. The molecule has 0 heterocycles. The standard InChI is InChI=1S/C12H15BrINO2S/c1-2-17-12(16)9-15(18-14)7-6-10-4-3-5-11(13)8-10/h3-5,8H,2,6-7,9H2,1H3. The molecule has 0 fully saturated rings. The van der Waals surface area contributed by atoms with Crippen molar-refractivity contribution in [1.82, 2.24) is 4.31 Å². The van der Waals surface area contributed by atoms with Crippen molar-refractivity contribution in [3.63, 3.8) is 0 Å². The Kier molecular flexibility index (Phi) is 8.28. The highest BCUT2D eigenvalue weighted by Crippen LogP contribution is 2.19. The van der Waals surface area contributed by atoms with E-state index < -0.39 is 0 Å². The van der Waals surface area contributed by atoms with Gasteiger partial charge in [-0.2, -0.15) is 0 Å². The minimum atomic E-state index is -0.170. The number of nitrogens with zero attached hydrogens (tertiary/aromatic N) is 1. The molecule has 18 heavy (non-hydrogen) atoms. The minimum Gasteiger partial charge on any atom is -0.465 e. The molecule has 0 bridgehead atoms. The van der Waals surface area contributed by atoms with Gasteiger partial charge in [0.1, 0.15) is 6.54 Å². The van der Waals surface area contributed by atoms with E-state index in [1.165, 1.54) is 14.7 Å². The third-order valence-corrected chi connectivity index (χ3v) is 4.92. The molecule has 0 aromatic heterocycles. The number of esters is 1. The molecule has 0 atom stereocenters. The lowest BCUT2D eigenvalue weighted by atomic mass is 10.1. The van der Waals surface area contributed by atoms with Gasteiger partial charge in [0.15, 0.2) is 0 Å². The van der Waals surface area contributed by atoms with Gasteiger partial charge in [0.2, 0.25) is 0 Å². The number of ether oxygens (including phenoxy) is 1. The first kappa shape index (κ1) is 16.3. The van der Waals surface area contributed by atoms with Gasteiger partial charge in [0, 0.05) is 32.2 Å². The van der Waals surface area contributed by atoms with Gasteiger partial charge in [-0.3, -0.25) is 4.79 Å². The third kappa shape index (κ3) is 6.40. The van der Waals surface area contributed by atoms with E-state index in [2.05, 4.69) is 49.3 Å². The summed E-state index contributed by atoms with van der Waals surface area (Å²) in [4.78, 5) is 11.4. The molecule has 0 saturated heterocycles.